The highest BCUT2D eigenvalue weighted by Gasteiger charge is 2.19. The number of hydrogen-bond acceptors (Lipinski definition) is 3. The van der Waals surface area contributed by atoms with Crippen LogP contribution in [0, 0.1) is 6.92 Å². The minimum atomic E-state index is -4.13. The molecule has 0 atom stereocenters. The zero-order chi connectivity index (χ0) is 11.8. The Morgan fingerprint density at radius 1 is 1.53 bits per heavy atom. The van der Waals surface area contributed by atoms with E-state index in [-0.39, 0.29) is 10.7 Å². The first-order chi connectivity index (χ1) is 6.73. The van der Waals surface area contributed by atoms with Gasteiger partial charge in [-0.3, -0.25) is 0 Å². The van der Waals surface area contributed by atoms with Crippen LogP contribution in [0.3, 0.4) is 0 Å². The van der Waals surface area contributed by atoms with Crippen LogP contribution in [0.25, 0.3) is 0 Å². The first-order valence-corrected chi connectivity index (χ1v) is 5.64. The summed E-state index contributed by atoms with van der Waals surface area (Å²) in [5.41, 5.74) is -0.446. The Morgan fingerprint density at radius 2 is 2.07 bits per heavy atom. The fraction of sp³-hybridized carbons (Fsp3) is 0.286. The molecule has 2 N–H and O–H groups in total. The molecule has 0 aliphatic heterocycles. The second kappa shape index (κ2) is 3.99. The Bertz CT molecular complexity index is 490. The fourth-order valence-corrected chi connectivity index (χ4v) is 1.71. The van der Waals surface area contributed by atoms with Crippen molar-refractivity contribution in [1.29, 1.82) is 0 Å². The van der Waals surface area contributed by atoms with Gasteiger partial charge in [-0.2, -0.15) is 0 Å². The molecule has 0 saturated carbocycles. The smallest absolute Gasteiger partial charge is 0.223 e. The summed E-state index contributed by atoms with van der Waals surface area (Å²) in [5.74, 6) is 0. The molecule has 15 heavy (non-hydrogen) atoms. The number of halogens is 3. The van der Waals surface area contributed by atoms with Crippen LogP contribution in [0.2, 0.25) is 5.15 Å². The molecule has 0 unspecified atom stereocenters. The molecule has 1 rings (SSSR count). The third-order valence-corrected chi connectivity index (χ3v) is 2.92. The standard InChI is InChI=1S/C7H7ClF2N2O2S/c1-3-4(7(9)10)2-5(12-6(3)8)15(11,13)14/h2,7H,1H3,(H2,11,13,14). The third-order valence-electron chi connectivity index (χ3n) is 1.76. The first kappa shape index (κ1) is 12.3. The number of pyridine rings is 1. The van der Waals surface area contributed by atoms with E-state index in [1.54, 1.807) is 0 Å². The van der Waals surface area contributed by atoms with E-state index >= 15 is 0 Å². The van der Waals surface area contributed by atoms with Crippen molar-refractivity contribution in [3.63, 3.8) is 0 Å². The Balaban J connectivity index is 3.50. The van der Waals surface area contributed by atoms with Crippen LogP contribution in [-0.2, 0) is 10.0 Å². The van der Waals surface area contributed by atoms with Gasteiger partial charge in [-0.25, -0.2) is 27.3 Å². The number of nitrogens with two attached hydrogens (primary N) is 1. The molecule has 0 bridgehead atoms. The van der Waals surface area contributed by atoms with Gasteiger partial charge in [-0.1, -0.05) is 11.6 Å². The number of aromatic nitrogens is 1. The molecule has 0 saturated heterocycles. The second-order valence-corrected chi connectivity index (χ2v) is 4.68. The van der Waals surface area contributed by atoms with E-state index in [1.807, 2.05) is 0 Å². The molecule has 0 aliphatic carbocycles. The highest BCUT2D eigenvalue weighted by atomic mass is 35.5. The van der Waals surface area contributed by atoms with Crippen molar-refractivity contribution < 1.29 is 17.2 Å². The van der Waals surface area contributed by atoms with Gasteiger partial charge in [-0.15, -0.1) is 0 Å². The maximum absolute atomic E-state index is 12.5. The second-order valence-electron chi connectivity index (χ2n) is 2.81. The molecule has 0 amide bonds. The minimum absolute atomic E-state index is 0.0408. The number of primary sulfonamides is 1. The van der Waals surface area contributed by atoms with E-state index < -0.39 is 27.0 Å². The fourth-order valence-electron chi connectivity index (χ4n) is 0.946. The summed E-state index contributed by atoms with van der Waals surface area (Å²) >= 11 is 5.50. The highest BCUT2D eigenvalue weighted by molar-refractivity contribution is 7.89. The molecule has 1 aromatic rings. The summed E-state index contributed by atoms with van der Waals surface area (Å²) in [7, 11) is -4.13. The molecule has 8 heteroatoms. The van der Waals surface area contributed by atoms with Crippen molar-refractivity contribution in [2.24, 2.45) is 5.14 Å². The third kappa shape index (κ3) is 2.61. The molecule has 0 radical (unpaired) electrons. The van der Waals surface area contributed by atoms with E-state index in [9.17, 15) is 17.2 Å². The predicted molar refractivity (Wildman–Crippen MR) is 50.3 cm³/mol. The molecule has 0 aliphatic rings. The largest absolute Gasteiger partial charge is 0.264 e. The minimum Gasteiger partial charge on any atom is -0.223 e. The van der Waals surface area contributed by atoms with Crippen LogP contribution in [0.1, 0.15) is 17.6 Å². The lowest BCUT2D eigenvalue weighted by atomic mass is 10.2. The molecule has 1 heterocycles. The van der Waals surface area contributed by atoms with Crippen LogP contribution < -0.4 is 5.14 Å². The van der Waals surface area contributed by atoms with Gasteiger partial charge in [0.1, 0.15) is 5.15 Å². The SMILES string of the molecule is Cc1c(C(F)F)cc(S(N)(=O)=O)nc1Cl. The Labute approximate surface area is 90.1 Å². The van der Waals surface area contributed by atoms with Crippen molar-refractivity contribution in [2.45, 2.75) is 18.4 Å². The Kier molecular flexibility index (Phi) is 3.27. The lowest BCUT2D eigenvalue weighted by Crippen LogP contribution is -2.15. The van der Waals surface area contributed by atoms with Crippen molar-refractivity contribution in [3.8, 4) is 0 Å². The number of rotatable bonds is 2. The summed E-state index contributed by atoms with van der Waals surface area (Å²) in [6, 6.07) is 0.723. The molecule has 84 valence electrons. The molecular formula is C7H7ClF2N2O2S. The zero-order valence-electron chi connectivity index (χ0n) is 7.54. The molecule has 1 aromatic heterocycles. The monoisotopic (exact) mass is 256 g/mol. The topological polar surface area (TPSA) is 73.1 Å². The van der Waals surface area contributed by atoms with Gasteiger partial charge in [0.2, 0.25) is 0 Å². The summed E-state index contributed by atoms with van der Waals surface area (Å²) in [5, 5.41) is 3.80. The van der Waals surface area contributed by atoms with Gasteiger partial charge in [0.15, 0.2) is 5.03 Å². The maximum atomic E-state index is 12.5. The van der Waals surface area contributed by atoms with Crippen LogP contribution in [0.4, 0.5) is 8.78 Å². The molecule has 0 aromatic carbocycles. The maximum Gasteiger partial charge on any atom is 0.264 e. The zero-order valence-corrected chi connectivity index (χ0v) is 9.11. The molecular weight excluding hydrogens is 250 g/mol. The molecule has 0 fully saturated rings. The lowest BCUT2D eigenvalue weighted by Gasteiger charge is -2.07. The van der Waals surface area contributed by atoms with E-state index in [0.29, 0.717) is 0 Å². The van der Waals surface area contributed by atoms with Gasteiger partial charge in [0.05, 0.1) is 0 Å². The average Bonchev–Trinajstić information content (AvgIpc) is 2.06. The van der Waals surface area contributed by atoms with Gasteiger partial charge in [0, 0.05) is 5.56 Å². The van der Waals surface area contributed by atoms with Gasteiger partial charge in [-0.05, 0) is 18.6 Å². The van der Waals surface area contributed by atoms with E-state index in [2.05, 4.69) is 4.98 Å². The lowest BCUT2D eigenvalue weighted by molar-refractivity contribution is 0.150. The number of nitrogens with zero attached hydrogens (tertiary/aromatic N) is 1. The summed E-state index contributed by atoms with van der Waals surface area (Å²) in [6.45, 7) is 1.32. The van der Waals surface area contributed by atoms with Crippen LogP contribution in [0.5, 0.6) is 0 Å². The van der Waals surface area contributed by atoms with E-state index in [4.69, 9.17) is 16.7 Å². The Morgan fingerprint density at radius 3 is 2.47 bits per heavy atom. The normalized spacial score (nSPS) is 12.1. The van der Waals surface area contributed by atoms with Gasteiger partial charge < -0.3 is 0 Å². The van der Waals surface area contributed by atoms with Gasteiger partial charge >= 0.3 is 0 Å². The molecule has 4 nitrogen and oxygen atoms in total. The summed E-state index contributed by atoms with van der Waals surface area (Å²) < 4.78 is 46.7. The van der Waals surface area contributed by atoms with Crippen molar-refractivity contribution >= 4 is 21.6 Å². The van der Waals surface area contributed by atoms with Crippen LogP contribution in [0.15, 0.2) is 11.1 Å². The quantitative estimate of drug-likeness (QED) is 0.818. The summed E-state index contributed by atoms with van der Waals surface area (Å²) in [4.78, 5) is 3.41. The number of hydrogen-bond donors (Lipinski definition) is 1. The van der Waals surface area contributed by atoms with Crippen molar-refractivity contribution in [1.82, 2.24) is 4.98 Å². The van der Waals surface area contributed by atoms with Crippen molar-refractivity contribution in [3.05, 3.63) is 22.3 Å². The Hall–Kier alpha value is -0.790. The van der Waals surface area contributed by atoms with Gasteiger partial charge in [0.25, 0.3) is 16.4 Å². The molecule has 0 spiro atoms. The van der Waals surface area contributed by atoms with Crippen LogP contribution in [-0.4, -0.2) is 13.4 Å². The van der Waals surface area contributed by atoms with Crippen LogP contribution >= 0.6 is 11.6 Å². The van der Waals surface area contributed by atoms with E-state index in [0.717, 1.165) is 6.07 Å². The predicted octanol–water partition coefficient (Wildman–Crippen LogP) is 1.63. The number of alkyl halides is 2. The number of sulfonamides is 1. The first-order valence-electron chi connectivity index (χ1n) is 3.71. The summed E-state index contributed by atoms with van der Waals surface area (Å²) in [6.07, 6.45) is -2.83. The highest BCUT2D eigenvalue weighted by Crippen LogP contribution is 2.28. The van der Waals surface area contributed by atoms with E-state index in [1.165, 1.54) is 6.92 Å². The van der Waals surface area contributed by atoms with Crippen molar-refractivity contribution in [2.75, 3.05) is 0 Å². The average molecular weight is 257 g/mol.